The fourth-order valence-corrected chi connectivity index (χ4v) is 4.69. The molecule has 7 nitrogen and oxygen atoms in total. The van der Waals surface area contributed by atoms with Gasteiger partial charge in [-0.15, -0.1) is 10.2 Å². The standard InChI is InChI=1S/C23H27N5O2S/c1-16-7-8-17(2)21(13-16)28-18(3)24-25-23(28)31-15-22(30)27-11-9-26(10-12-27)19-5-4-6-20(29)14-19/h4-8,13-14,29H,9-12,15H2,1-3H3. The van der Waals surface area contributed by atoms with Gasteiger partial charge in [-0.3, -0.25) is 9.36 Å². The number of aromatic hydroxyl groups is 1. The molecule has 1 fully saturated rings. The normalized spacial score (nSPS) is 14.2. The van der Waals surface area contributed by atoms with Gasteiger partial charge >= 0.3 is 0 Å². The van der Waals surface area contributed by atoms with Crippen LogP contribution in [0.5, 0.6) is 5.75 Å². The summed E-state index contributed by atoms with van der Waals surface area (Å²) < 4.78 is 2.03. The molecule has 0 bridgehead atoms. The van der Waals surface area contributed by atoms with Crippen molar-refractivity contribution in [3.8, 4) is 11.4 Å². The highest BCUT2D eigenvalue weighted by Gasteiger charge is 2.23. The average Bonchev–Trinajstić information content (AvgIpc) is 3.14. The molecule has 8 heteroatoms. The van der Waals surface area contributed by atoms with Crippen molar-refractivity contribution in [2.24, 2.45) is 0 Å². The third-order valence-corrected chi connectivity index (χ3v) is 6.47. The summed E-state index contributed by atoms with van der Waals surface area (Å²) in [6, 6.07) is 13.6. The van der Waals surface area contributed by atoms with Crippen molar-refractivity contribution in [3.05, 3.63) is 59.4 Å². The third-order valence-electron chi connectivity index (χ3n) is 5.55. The Bertz CT molecular complexity index is 1090. The van der Waals surface area contributed by atoms with Crippen molar-refractivity contribution in [2.45, 2.75) is 25.9 Å². The van der Waals surface area contributed by atoms with Gasteiger partial charge in [0.2, 0.25) is 5.91 Å². The van der Waals surface area contributed by atoms with E-state index in [1.54, 1.807) is 12.1 Å². The maximum Gasteiger partial charge on any atom is 0.233 e. The van der Waals surface area contributed by atoms with Crippen molar-refractivity contribution in [2.75, 3.05) is 36.8 Å². The first-order chi connectivity index (χ1) is 14.9. The average molecular weight is 438 g/mol. The summed E-state index contributed by atoms with van der Waals surface area (Å²) in [6.07, 6.45) is 0. The Balaban J connectivity index is 1.39. The summed E-state index contributed by atoms with van der Waals surface area (Å²) in [4.78, 5) is 16.9. The van der Waals surface area contributed by atoms with E-state index in [0.717, 1.165) is 41.0 Å². The predicted octanol–water partition coefficient (Wildman–Crippen LogP) is 3.34. The molecule has 0 spiro atoms. The van der Waals surface area contributed by atoms with E-state index >= 15 is 0 Å². The van der Waals surface area contributed by atoms with E-state index < -0.39 is 0 Å². The Morgan fingerprint density at radius 2 is 1.81 bits per heavy atom. The zero-order valence-electron chi connectivity index (χ0n) is 18.1. The lowest BCUT2D eigenvalue weighted by Gasteiger charge is -2.36. The number of amides is 1. The quantitative estimate of drug-likeness (QED) is 0.617. The van der Waals surface area contributed by atoms with Gasteiger partial charge in [-0.25, -0.2) is 0 Å². The molecule has 1 aromatic heterocycles. The number of nitrogens with zero attached hydrogens (tertiary/aromatic N) is 5. The molecule has 31 heavy (non-hydrogen) atoms. The molecular formula is C23H27N5O2S. The van der Waals surface area contributed by atoms with E-state index in [2.05, 4.69) is 47.1 Å². The third kappa shape index (κ3) is 4.69. The molecule has 1 aliphatic heterocycles. The topological polar surface area (TPSA) is 74.5 Å². The molecule has 4 rings (SSSR count). The smallest absolute Gasteiger partial charge is 0.233 e. The van der Waals surface area contributed by atoms with Crippen LogP contribution in [0.25, 0.3) is 5.69 Å². The monoisotopic (exact) mass is 437 g/mol. The second kappa shape index (κ2) is 9.01. The molecule has 1 amide bonds. The highest BCUT2D eigenvalue weighted by atomic mass is 32.2. The maximum absolute atomic E-state index is 12.8. The summed E-state index contributed by atoms with van der Waals surface area (Å²) in [5, 5.41) is 19.0. The Morgan fingerprint density at radius 3 is 2.55 bits per heavy atom. The van der Waals surface area contributed by atoms with Gasteiger partial charge < -0.3 is 14.9 Å². The molecule has 2 aromatic carbocycles. The van der Waals surface area contributed by atoms with Crippen molar-refractivity contribution in [3.63, 3.8) is 0 Å². The van der Waals surface area contributed by atoms with Crippen molar-refractivity contribution < 1.29 is 9.90 Å². The Kier molecular flexibility index (Phi) is 6.18. The lowest BCUT2D eigenvalue weighted by molar-refractivity contribution is -0.128. The lowest BCUT2D eigenvalue weighted by Crippen LogP contribution is -2.49. The summed E-state index contributed by atoms with van der Waals surface area (Å²) in [5.41, 5.74) is 4.35. The van der Waals surface area contributed by atoms with Crippen LogP contribution < -0.4 is 4.90 Å². The van der Waals surface area contributed by atoms with E-state index in [0.29, 0.717) is 18.8 Å². The minimum atomic E-state index is 0.105. The molecule has 2 heterocycles. The van der Waals surface area contributed by atoms with Gasteiger partial charge in [-0.1, -0.05) is 30.0 Å². The zero-order valence-corrected chi connectivity index (χ0v) is 18.9. The molecule has 0 saturated carbocycles. The number of aromatic nitrogens is 3. The summed E-state index contributed by atoms with van der Waals surface area (Å²) in [5.74, 6) is 1.50. The van der Waals surface area contributed by atoms with Crippen LogP contribution in [0.4, 0.5) is 5.69 Å². The van der Waals surface area contributed by atoms with Crippen molar-refractivity contribution in [1.82, 2.24) is 19.7 Å². The molecule has 162 valence electrons. The SMILES string of the molecule is Cc1ccc(C)c(-n2c(C)nnc2SCC(=O)N2CCN(c3cccc(O)c3)CC2)c1. The molecule has 1 N–H and O–H groups in total. The number of carbonyl (C=O) groups is 1. The molecule has 0 unspecified atom stereocenters. The van der Waals surface area contributed by atoms with E-state index in [1.807, 2.05) is 28.5 Å². The van der Waals surface area contributed by atoms with Gasteiger partial charge in [-0.2, -0.15) is 0 Å². The number of anilines is 1. The molecule has 1 saturated heterocycles. The first-order valence-corrected chi connectivity index (χ1v) is 11.3. The number of benzene rings is 2. The largest absolute Gasteiger partial charge is 0.508 e. The number of carbonyl (C=O) groups excluding carboxylic acids is 1. The van der Waals surface area contributed by atoms with Crippen LogP contribution in [0.1, 0.15) is 17.0 Å². The van der Waals surface area contributed by atoms with Crippen LogP contribution in [-0.2, 0) is 4.79 Å². The van der Waals surface area contributed by atoms with Crippen LogP contribution in [0, 0.1) is 20.8 Å². The lowest BCUT2D eigenvalue weighted by atomic mass is 10.1. The predicted molar refractivity (Wildman–Crippen MR) is 123 cm³/mol. The first kappa shape index (κ1) is 21.2. The van der Waals surface area contributed by atoms with E-state index in [1.165, 1.54) is 17.3 Å². The van der Waals surface area contributed by atoms with Crippen LogP contribution in [0.15, 0.2) is 47.6 Å². The number of phenols is 1. The van der Waals surface area contributed by atoms with Gasteiger partial charge in [-0.05, 0) is 50.1 Å². The van der Waals surface area contributed by atoms with Crippen molar-refractivity contribution >= 4 is 23.4 Å². The molecule has 1 aliphatic rings. The van der Waals surface area contributed by atoms with Gasteiger partial charge in [0.1, 0.15) is 11.6 Å². The van der Waals surface area contributed by atoms with Gasteiger partial charge in [0.25, 0.3) is 0 Å². The fourth-order valence-electron chi connectivity index (χ4n) is 3.80. The fraction of sp³-hybridized carbons (Fsp3) is 0.348. The summed E-state index contributed by atoms with van der Waals surface area (Å²) >= 11 is 1.43. The zero-order chi connectivity index (χ0) is 22.0. The maximum atomic E-state index is 12.8. The highest BCUT2D eigenvalue weighted by Crippen LogP contribution is 2.26. The van der Waals surface area contributed by atoms with Crippen LogP contribution in [0.2, 0.25) is 0 Å². The molecular weight excluding hydrogens is 410 g/mol. The van der Waals surface area contributed by atoms with Crippen LogP contribution in [0.3, 0.4) is 0 Å². The Hall–Kier alpha value is -3.00. The van der Waals surface area contributed by atoms with E-state index in [9.17, 15) is 9.90 Å². The number of aryl methyl sites for hydroxylation is 3. The second-order valence-electron chi connectivity index (χ2n) is 7.83. The molecule has 0 atom stereocenters. The minimum Gasteiger partial charge on any atom is -0.508 e. The van der Waals surface area contributed by atoms with Crippen LogP contribution >= 0.6 is 11.8 Å². The highest BCUT2D eigenvalue weighted by molar-refractivity contribution is 7.99. The molecule has 0 radical (unpaired) electrons. The minimum absolute atomic E-state index is 0.105. The Labute approximate surface area is 186 Å². The van der Waals surface area contributed by atoms with Gasteiger partial charge in [0.15, 0.2) is 5.16 Å². The summed E-state index contributed by atoms with van der Waals surface area (Å²) in [6.45, 7) is 8.89. The van der Waals surface area contributed by atoms with Crippen LogP contribution in [-0.4, -0.2) is 62.6 Å². The van der Waals surface area contributed by atoms with Gasteiger partial charge in [0, 0.05) is 37.9 Å². The number of rotatable bonds is 5. The summed E-state index contributed by atoms with van der Waals surface area (Å²) in [7, 11) is 0. The molecule has 0 aliphatic carbocycles. The Morgan fingerprint density at radius 1 is 1.03 bits per heavy atom. The van der Waals surface area contributed by atoms with E-state index in [4.69, 9.17) is 0 Å². The number of hydrogen-bond donors (Lipinski definition) is 1. The number of thioether (sulfide) groups is 1. The first-order valence-electron chi connectivity index (χ1n) is 10.4. The number of hydrogen-bond acceptors (Lipinski definition) is 6. The second-order valence-corrected chi connectivity index (χ2v) is 8.77. The molecule has 3 aromatic rings. The van der Waals surface area contributed by atoms with Gasteiger partial charge in [0.05, 0.1) is 11.4 Å². The number of phenolic OH excluding ortho intramolecular Hbond substituents is 1. The van der Waals surface area contributed by atoms with E-state index in [-0.39, 0.29) is 11.7 Å². The number of piperazine rings is 1. The van der Waals surface area contributed by atoms with Crippen molar-refractivity contribution in [1.29, 1.82) is 0 Å².